The highest BCUT2D eigenvalue weighted by atomic mass is 19.4. The van der Waals surface area contributed by atoms with E-state index >= 15 is 0 Å². The molecule has 2 aromatic rings. The summed E-state index contributed by atoms with van der Waals surface area (Å²) in [6, 6.07) is 2.11. The van der Waals surface area contributed by atoms with E-state index in [2.05, 4.69) is 15.3 Å². The molecule has 0 aromatic carbocycles. The molecule has 2 atom stereocenters. The smallest absolute Gasteiger partial charge is 0.366 e. The van der Waals surface area contributed by atoms with Gasteiger partial charge < -0.3 is 10.2 Å². The molecule has 164 valence electrons. The lowest BCUT2D eigenvalue weighted by molar-refractivity contribution is -0.149. The van der Waals surface area contributed by atoms with Gasteiger partial charge in [0.2, 0.25) is 0 Å². The number of carbonyl (C=O) groups is 2. The second-order valence-electron chi connectivity index (χ2n) is 7.32. The number of fused-ring (bicyclic) bond motifs is 4. The number of hydrogen-bond donors (Lipinski definition) is 2. The fraction of sp³-hybridized carbons (Fsp3) is 0.368. The number of hydrogen-bond acceptors (Lipinski definition) is 5. The number of carbonyl (C=O) groups excluding carboxylic acids is 2. The van der Waals surface area contributed by atoms with E-state index in [9.17, 15) is 27.2 Å². The standard InChI is InChI=1S/C19H18F4N6O2/c1-10(19(21,22)23)25-17(30)13-2-3-14-16(26-13)29(12-5-7-28(14)9-12)18(31)27-15-8-11(20)4-6-24-15/h2-4,6,8,10,12H,5,7,9H2,1H3,(H,25,30)(H,24,27,31)/t10?,12-/m0/s1. The van der Waals surface area contributed by atoms with Crippen LogP contribution in [0.1, 0.15) is 23.8 Å². The Morgan fingerprint density at radius 3 is 2.74 bits per heavy atom. The van der Waals surface area contributed by atoms with Gasteiger partial charge in [0.25, 0.3) is 5.91 Å². The largest absolute Gasteiger partial charge is 0.408 e. The van der Waals surface area contributed by atoms with Crippen LogP contribution in [0.25, 0.3) is 0 Å². The third-order valence-electron chi connectivity index (χ3n) is 5.20. The molecule has 1 unspecified atom stereocenters. The summed E-state index contributed by atoms with van der Waals surface area (Å²) in [7, 11) is 0. The second-order valence-corrected chi connectivity index (χ2v) is 7.32. The van der Waals surface area contributed by atoms with Crippen molar-refractivity contribution < 1.29 is 27.2 Å². The molecule has 2 aromatic heterocycles. The van der Waals surface area contributed by atoms with Gasteiger partial charge in [-0.1, -0.05) is 0 Å². The van der Waals surface area contributed by atoms with Gasteiger partial charge in [-0.05, 0) is 31.5 Å². The summed E-state index contributed by atoms with van der Waals surface area (Å²) >= 11 is 0. The van der Waals surface area contributed by atoms with Crippen molar-refractivity contribution in [2.24, 2.45) is 0 Å². The zero-order chi connectivity index (χ0) is 22.3. The highest BCUT2D eigenvalue weighted by molar-refractivity contribution is 6.05. The summed E-state index contributed by atoms with van der Waals surface area (Å²) in [6.07, 6.45) is -2.76. The molecule has 1 fully saturated rings. The number of anilines is 3. The average Bonchev–Trinajstić information content (AvgIpc) is 3.11. The molecule has 1 saturated heterocycles. The normalized spacial score (nSPS) is 18.4. The van der Waals surface area contributed by atoms with Crippen LogP contribution in [0.4, 0.5) is 39.7 Å². The van der Waals surface area contributed by atoms with Gasteiger partial charge in [-0.3, -0.25) is 15.0 Å². The third kappa shape index (κ3) is 4.09. The van der Waals surface area contributed by atoms with Crippen molar-refractivity contribution >= 4 is 29.3 Å². The molecule has 31 heavy (non-hydrogen) atoms. The third-order valence-corrected chi connectivity index (χ3v) is 5.20. The topological polar surface area (TPSA) is 90.5 Å². The maximum absolute atomic E-state index is 13.4. The van der Waals surface area contributed by atoms with Crippen LogP contribution >= 0.6 is 0 Å². The minimum absolute atomic E-state index is 0.000115. The van der Waals surface area contributed by atoms with E-state index in [1.54, 1.807) is 6.07 Å². The van der Waals surface area contributed by atoms with E-state index in [0.29, 0.717) is 25.2 Å². The molecule has 2 bridgehead atoms. The number of nitrogens with zero attached hydrogens (tertiary/aromatic N) is 4. The van der Waals surface area contributed by atoms with Crippen LogP contribution in [-0.2, 0) is 0 Å². The highest BCUT2D eigenvalue weighted by Crippen LogP contribution is 2.39. The Morgan fingerprint density at radius 2 is 2.03 bits per heavy atom. The second kappa shape index (κ2) is 7.67. The van der Waals surface area contributed by atoms with Gasteiger partial charge in [-0.2, -0.15) is 13.2 Å². The first kappa shape index (κ1) is 20.8. The predicted octanol–water partition coefficient (Wildman–Crippen LogP) is 2.93. The Hall–Kier alpha value is -3.44. The van der Waals surface area contributed by atoms with Crippen LogP contribution in [0.15, 0.2) is 30.5 Å². The molecule has 0 aliphatic carbocycles. The SMILES string of the molecule is CC(NC(=O)c1ccc2c(n1)N(C(=O)Nc1cc(F)ccn1)[C@H]1CCN2C1)C(F)(F)F. The van der Waals surface area contributed by atoms with E-state index < -0.39 is 30.0 Å². The van der Waals surface area contributed by atoms with Gasteiger partial charge in [0.1, 0.15) is 23.4 Å². The number of pyridine rings is 2. The van der Waals surface area contributed by atoms with Crippen LogP contribution in [0, 0.1) is 5.82 Å². The van der Waals surface area contributed by atoms with E-state index in [0.717, 1.165) is 19.1 Å². The molecule has 4 rings (SSSR count). The Labute approximate surface area is 174 Å². The molecule has 0 radical (unpaired) electrons. The minimum Gasteiger partial charge on any atom is -0.366 e. The van der Waals surface area contributed by atoms with Crippen LogP contribution in [-0.4, -0.2) is 53.3 Å². The lowest BCUT2D eigenvalue weighted by Gasteiger charge is -2.35. The van der Waals surface area contributed by atoms with Crippen LogP contribution in [0.5, 0.6) is 0 Å². The van der Waals surface area contributed by atoms with E-state index in [1.807, 2.05) is 10.2 Å². The molecule has 0 spiro atoms. The Bertz CT molecular complexity index is 1030. The fourth-order valence-electron chi connectivity index (χ4n) is 3.59. The maximum atomic E-state index is 13.4. The van der Waals surface area contributed by atoms with Crippen molar-refractivity contribution in [3.05, 3.63) is 42.0 Å². The van der Waals surface area contributed by atoms with Gasteiger partial charge in [0, 0.05) is 25.4 Å². The summed E-state index contributed by atoms with van der Waals surface area (Å²) in [5.74, 6) is -1.44. The fourth-order valence-corrected chi connectivity index (χ4v) is 3.59. The van der Waals surface area contributed by atoms with Crippen LogP contribution in [0.3, 0.4) is 0 Å². The van der Waals surface area contributed by atoms with Gasteiger partial charge in [-0.15, -0.1) is 0 Å². The molecule has 2 N–H and O–H groups in total. The first-order chi connectivity index (χ1) is 14.6. The van der Waals surface area contributed by atoms with E-state index in [-0.39, 0.29) is 23.4 Å². The van der Waals surface area contributed by atoms with Gasteiger partial charge in [0.05, 0.1) is 11.7 Å². The predicted molar refractivity (Wildman–Crippen MR) is 104 cm³/mol. The Kier molecular flexibility index (Phi) is 5.15. The number of aromatic nitrogens is 2. The zero-order valence-electron chi connectivity index (χ0n) is 16.3. The summed E-state index contributed by atoms with van der Waals surface area (Å²) in [5.41, 5.74) is 0.329. The van der Waals surface area contributed by atoms with E-state index in [1.165, 1.54) is 17.2 Å². The minimum atomic E-state index is -4.60. The number of rotatable bonds is 3. The number of amides is 3. The Balaban J connectivity index is 1.63. The zero-order valence-corrected chi connectivity index (χ0v) is 16.3. The molecule has 0 saturated carbocycles. The lowest BCUT2D eigenvalue weighted by atomic mass is 10.1. The Morgan fingerprint density at radius 1 is 1.26 bits per heavy atom. The van der Waals surface area contributed by atoms with Gasteiger partial charge in [0.15, 0.2) is 5.82 Å². The van der Waals surface area contributed by atoms with Crippen LogP contribution in [0.2, 0.25) is 0 Å². The molecule has 8 nitrogen and oxygen atoms in total. The van der Waals surface area contributed by atoms with Gasteiger partial charge in [-0.25, -0.2) is 19.2 Å². The molecule has 2 aliphatic rings. The van der Waals surface area contributed by atoms with Crippen LogP contribution < -0.4 is 20.4 Å². The molecule has 4 heterocycles. The average molecular weight is 438 g/mol. The summed E-state index contributed by atoms with van der Waals surface area (Å²) in [6.45, 7) is 2.02. The van der Waals surface area contributed by atoms with Crippen molar-refractivity contribution in [3.8, 4) is 0 Å². The van der Waals surface area contributed by atoms with Crippen molar-refractivity contribution in [2.75, 3.05) is 28.2 Å². The first-order valence-electron chi connectivity index (χ1n) is 9.49. The first-order valence-corrected chi connectivity index (χ1v) is 9.49. The number of alkyl halides is 3. The maximum Gasteiger partial charge on any atom is 0.408 e. The highest BCUT2D eigenvalue weighted by Gasteiger charge is 2.41. The lowest BCUT2D eigenvalue weighted by Crippen LogP contribution is -2.49. The molecular formula is C19H18F4N6O2. The van der Waals surface area contributed by atoms with Crippen molar-refractivity contribution in [1.82, 2.24) is 15.3 Å². The van der Waals surface area contributed by atoms with E-state index in [4.69, 9.17) is 0 Å². The van der Waals surface area contributed by atoms with Crippen molar-refractivity contribution in [3.63, 3.8) is 0 Å². The number of urea groups is 1. The summed E-state index contributed by atoms with van der Waals surface area (Å²) in [4.78, 5) is 36.7. The molecular weight excluding hydrogens is 420 g/mol. The summed E-state index contributed by atoms with van der Waals surface area (Å²) < 4.78 is 51.8. The van der Waals surface area contributed by atoms with Crippen molar-refractivity contribution in [2.45, 2.75) is 31.6 Å². The van der Waals surface area contributed by atoms with Gasteiger partial charge >= 0.3 is 12.2 Å². The number of halogens is 4. The molecule has 12 heteroatoms. The molecule has 2 aliphatic heterocycles. The quantitative estimate of drug-likeness (QED) is 0.720. The number of nitrogens with one attached hydrogen (secondary N) is 2. The monoisotopic (exact) mass is 438 g/mol. The summed E-state index contributed by atoms with van der Waals surface area (Å²) in [5, 5.41) is 4.37. The molecule has 3 amide bonds. The van der Waals surface area contributed by atoms with Crippen molar-refractivity contribution in [1.29, 1.82) is 0 Å².